The molecular weight excluding hydrogens is 372 g/mol. The third-order valence-electron chi connectivity index (χ3n) is 4.83. The standard InChI is InChI=1S/C22H49N2.BrH/c1-8-9-10-11-12-13-14-15-16-17-18-23(19-21(2)3)22(4)20-24(5,6)7;/h21-22H,8-20H2,1-7H3;1H/q+1;/p-1. The molecule has 0 saturated carbocycles. The third-order valence-corrected chi connectivity index (χ3v) is 4.83. The van der Waals surface area contributed by atoms with Crippen molar-refractivity contribution in [1.29, 1.82) is 0 Å². The number of quaternary nitrogens is 1. The first-order chi connectivity index (χ1) is 11.3. The summed E-state index contributed by atoms with van der Waals surface area (Å²) in [5.41, 5.74) is 0. The molecule has 25 heavy (non-hydrogen) atoms. The van der Waals surface area contributed by atoms with Gasteiger partial charge in [0.25, 0.3) is 0 Å². The Bertz CT molecular complexity index is 274. The molecule has 0 heterocycles. The fraction of sp³-hybridized carbons (Fsp3) is 1.00. The van der Waals surface area contributed by atoms with Gasteiger partial charge in [-0.25, -0.2) is 0 Å². The van der Waals surface area contributed by atoms with E-state index in [1.165, 1.54) is 83.8 Å². The van der Waals surface area contributed by atoms with Crippen LogP contribution in [0.2, 0.25) is 0 Å². The minimum atomic E-state index is 0. The molecular formula is C22H49BrN2. The van der Waals surface area contributed by atoms with Crippen molar-refractivity contribution in [3.8, 4) is 0 Å². The van der Waals surface area contributed by atoms with Crippen molar-refractivity contribution in [2.75, 3.05) is 40.8 Å². The Kier molecular flexibility index (Phi) is 18.3. The van der Waals surface area contributed by atoms with Gasteiger partial charge in [0.2, 0.25) is 0 Å². The van der Waals surface area contributed by atoms with Gasteiger partial charge in [0.15, 0.2) is 0 Å². The molecule has 0 N–H and O–H groups in total. The molecule has 0 spiro atoms. The zero-order chi connectivity index (χ0) is 18.4. The van der Waals surface area contributed by atoms with Crippen molar-refractivity contribution in [3.05, 3.63) is 0 Å². The summed E-state index contributed by atoms with van der Waals surface area (Å²) in [6.07, 6.45) is 14.3. The molecule has 154 valence electrons. The molecule has 1 atom stereocenters. The number of likely N-dealkylation sites (N-methyl/N-ethyl adjacent to an activating group) is 1. The summed E-state index contributed by atoms with van der Waals surface area (Å²) in [5.74, 6) is 0.767. The van der Waals surface area contributed by atoms with Crippen molar-refractivity contribution in [2.24, 2.45) is 5.92 Å². The van der Waals surface area contributed by atoms with E-state index >= 15 is 0 Å². The lowest BCUT2D eigenvalue weighted by Crippen LogP contribution is -3.00. The Labute approximate surface area is 171 Å². The minimum Gasteiger partial charge on any atom is -1.00 e. The Hall–Kier alpha value is 0.400. The summed E-state index contributed by atoms with van der Waals surface area (Å²) < 4.78 is 1.06. The van der Waals surface area contributed by atoms with E-state index in [9.17, 15) is 0 Å². The van der Waals surface area contributed by atoms with E-state index in [0.717, 1.165) is 10.4 Å². The molecule has 0 aliphatic rings. The molecule has 2 nitrogen and oxygen atoms in total. The largest absolute Gasteiger partial charge is 1.00 e. The van der Waals surface area contributed by atoms with Crippen LogP contribution in [0.5, 0.6) is 0 Å². The average molecular weight is 422 g/mol. The van der Waals surface area contributed by atoms with Gasteiger partial charge in [0, 0.05) is 6.54 Å². The van der Waals surface area contributed by atoms with Crippen molar-refractivity contribution < 1.29 is 21.5 Å². The van der Waals surface area contributed by atoms with Gasteiger partial charge in [0.1, 0.15) is 0 Å². The van der Waals surface area contributed by atoms with Crippen LogP contribution in [0.1, 0.15) is 91.9 Å². The van der Waals surface area contributed by atoms with Gasteiger partial charge in [-0.1, -0.05) is 78.6 Å². The van der Waals surface area contributed by atoms with Crippen LogP contribution in [-0.4, -0.2) is 56.2 Å². The lowest BCUT2D eigenvalue weighted by Gasteiger charge is -2.35. The van der Waals surface area contributed by atoms with Crippen LogP contribution in [0.3, 0.4) is 0 Å². The van der Waals surface area contributed by atoms with Crippen molar-refractivity contribution in [3.63, 3.8) is 0 Å². The van der Waals surface area contributed by atoms with Crippen LogP contribution in [-0.2, 0) is 0 Å². The zero-order valence-electron chi connectivity index (χ0n) is 18.6. The van der Waals surface area contributed by atoms with Gasteiger partial charge in [-0.05, 0) is 25.8 Å². The molecule has 0 rings (SSSR count). The van der Waals surface area contributed by atoms with Crippen LogP contribution in [0.4, 0.5) is 0 Å². The second kappa shape index (κ2) is 16.6. The highest BCUT2D eigenvalue weighted by atomic mass is 79.9. The molecule has 0 radical (unpaired) electrons. The topological polar surface area (TPSA) is 3.24 Å². The second-order valence-corrected chi connectivity index (χ2v) is 9.39. The molecule has 0 bridgehead atoms. The summed E-state index contributed by atoms with van der Waals surface area (Å²) >= 11 is 0. The van der Waals surface area contributed by atoms with Crippen LogP contribution in [0, 0.1) is 5.92 Å². The summed E-state index contributed by atoms with van der Waals surface area (Å²) in [7, 11) is 6.93. The van der Waals surface area contributed by atoms with E-state index in [1.807, 2.05) is 0 Å². The Balaban J connectivity index is 0. The molecule has 0 aromatic heterocycles. The summed E-state index contributed by atoms with van der Waals surface area (Å²) in [6.45, 7) is 13.2. The number of hydrogen-bond donors (Lipinski definition) is 0. The summed E-state index contributed by atoms with van der Waals surface area (Å²) in [5, 5.41) is 0. The second-order valence-electron chi connectivity index (χ2n) is 9.39. The first-order valence-electron chi connectivity index (χ1n) is 10.8. The SMILES string of the molecule is CCCCCCCCCCCCN(CC(C)C)C(C)C[N+](C)(C)C.[Br-]. The van der Waals surface area contributed by atoms with E-state index in [0.29, 0.717) is 6.04 Å². The zero-order valence-corrected chi connectivity index (χ0v) is 20.2. The molecule has 0 aliphatic carbocycles. The first kappa shape index (κ1) is 27.6. The van der Waals surface area contributed by atoms with Gasteiger partial charge in [-0.2, -0.15) is 0 Å². The minimum absolute atomic E-state index is 0. The molecule has 0 aromatic rings. The summed E-state index contributed by atoms with van der Waals surface area (Å²) in [6, 6.07) is 0.686. The first-order valence-corrected chi connectivity index (χ1v) is 10.8. The van der Waals surface area contributed by atoms with Crippen molar-refractivity contribution in [1.82, 2.24) is 4.90 Å². The molecule has 0 amide bonds. The van der Waals surface area contributed by atoms with Gasteiger partial charge in [-0.3, -0.25) is 4.90 Å². The maximum absolute atomic E-state index is 2.74. The molecule has 0 aliphatic heterocycles. The Morgan fingerprint density at radius 3 is 1.56 bits per heavy atom. The lowest BCUT2D eigenvalue weighted by molar-refractivity contribution is -0.872. The van der Waals surface area contributed by atoms with E-state index in [4.69, 9.17) is 0 Å². The van der Waals surface area contributed by atoms with E-state index in [1.54, 1.807) is 0 Å². The van der Waals surface area contributed by atoms with Crippen LogP contribution in [0.25, 0.3) is 0 Å². The normalized spacial score (nSPS) is 13.3. The van der Waals surface area contributed by atoms with Crippen LogP contribution >= 0.6 is 0 Å². The Morgan fingerprint density at radius 2 is 1.16 bits per heavy atom. The van der Waals surface area contributed by atoms with E-state index < -0.39 is 0 Å². The third kappa shape index (κ3) is 19.0. The predicted molar refractivity (Wildman–Crippen MR) is 111 cm³/mol. The number of halogens is 1. The fourth-order valence-electron chi connectivity index (χ4n) is 3.67. The monoisotopic (exact) mass is 420 g/mol. The highest BCUT2D eigenvalue weighted by Gasteiger charge is 2.20. The fourth-order valence-corrected chi connectivity index (χ4v) is 3.67. The highest BCUT2D eigenvalue weighted by molar-refractivity contribution is 4.68. The van der Waals surface area contributed by atoms with E-state index in [2.05, 4.69) is 53.7 Å². The molecule has 0 aromatic carbocycles. The maximum Gasteiger partial charge on any atom is 0.0935 e. The predicted octanol–water partition coefficient (Wildman–Crippen LogP) is 2.96. The molecule has 3 heteroatoms. The average Bonchev–Trinajstić information content (AvgIpc) is 2.45. The number of nitrogens with zero attached hydrogens (tertiary/aromatic N) is 2. The van der Waals surface area contributed by atoms with Crippen molar-refractivity contribution in [2.45, 2.75) is 97.9 Å². The maximum atomic E-state index is 2.74. The highest BCUT2D eigenvalue weighted by Crippen LogP contribution is 2.13. The van der Waals surface area contributed by atoms with Gasteiger partial charge >= 0.3 is 0 Å². The van der Waals surface area contributed by atoms with Crippen molar-refractivity contribution >= 4 is 0 Å². The van der Waals surface area contributed by atoms with Crippen LogP contribution < -0.4 is 17.0 Å². The quantitative estimate of drug-likeness (QED) is 0.274. The lowest BCUT2D eigenvalue weighted by atomic mass is 10.1. The van der Waals surface area contributed by atoms with E-state index in [-0.39, 0.29) is 17.0 Å². The number of hydrogen-bond acceptors (Lipinski definition) is 1. The number of rotatable bonds is 16. The smallest absolute Gasteiger partial charge is 0.0935 e. The molecule has 0 saturated heterocycles. The van der Waals surface area contributed by atoms with Gasteiger partial charge < -0.3 is 21.5 Å². The molecule has 0 fully saturated rings. The number of unbranched alkanes of at least 4 members (excludes halogenated alkanes) is 9. The van der Waals surface area contributed by atoms with Gasteiger partial charge in [0.05, 0.1) is 33.7 Å². The molecule has 1 unspecified atom stereocenters. The van der Waals surface area contributed by atoms with Crippen LogP contribution in [0.15, 0.2) is 0 Å². The van der Waals surface area contributed by atoms with Gasteiger partial charge in [-0.15, -0.1) is 0 Å². The Morgan fingerprint density at radius 1 is 0.720 bits per heavy atom. The summed E-state index contributed by atoms with van der Waals surface area (Å²) in [4.78, 5) is 2.74.